The molecule has 0 radical (unpaired) electrons. The molecule has 0 spiro atoms. The Morgan fingerprint density at radius 2 is 1.89 bits per heavy atom. The van der Waals surface area contributed by atoms with Gasteiger partial charge in [0.25, 0.3) is 0 Å². The lowest BCUT2D eigenvalue weighted by Gasteiger charge is -2.38. The van der Waals surface area contributed by atoms with Gasteiger partial charge in [0.05, 0.1) is 30.2 Å². The summed E-state index contributed by atoms with van der Waals surface area (Å²) in [6.45, 7) is 3.57. The molecule has 1 aliphatic heterocycles. The molecular formula is C20H25N5O3. The summed E-state index contributed by atoms with van der Waals surface area (Å²) in [7, 11) is 0. The number of aromatic nitrogens is 3. The van der Waals surface area contributed by atoms with Crippen LogP contribution in [0.4, 0.5) is 11.6 Å². The molecule has 8 nitrogen and oxygen atoms in total. The Morgan fingerprint density at radius 3 is 2.54 bits per heavy atom. The van der Waals surface area contributed by atoms with Crippen LogP contribution in [0.2, 0.25) is 0 Å². The van der Waals surface area contributed by atoms with Crippen molar-refractivity contribution in [2.45, 2.75) is 57.3 Å². The monoisotopic (exact) mass is 388 g/mol. The van der Waals surface area contributed by atoms with Crippen molar-refractivity contribution >= 4 is 17.5 Å². The molecule has 2 aliphatic rings. The van der Waals surface area contributed by atoms with Crippen LogP contribution in [-0.2, 0) is 10.4 Å². The highest BCUT2D eigenvalue weighted by atomic mass is 16.4. The number of aliphatic hydroxyl groups is 2. The zero-order valence-electron chi connectivity index (χ0n) is 16.1. The first kappa shape index (κ1) is 18.8. The van der Waals surface area contributed by atoms with Gasteiger partial charge in [-0.25, -0.2) is 9.97 Å². The Kier molecular flexibility index (Phi) is 4.76. The van der Waals surface area contributed by atoms with Crippen molar-refractivity contribution in [1.82, 2.24) is 15.0 Å². The van der Waals surface area contributed by atoms with Crippen LogP contribution in [0, 0.1) is 0 Å². The van der Waals surface area contributed by atoms with E-state index in [-0.39, 0.29) is 24.6 Å². The van der Waals surface area contributed by atoms with Crippen LogP contribution < -0.4 is 10.2 Å². The molecule has 1 amide bonds. The molecule has 0 saturated heterocycles. The van der Waals surface area contributed by atoms with Crippen molar-refractivity contribution in [1.29, 1.82) is 0 Å². The highest BCUT2D eigenvalue weighted by Gasteiger charge is 2.35. The zero-order valence-corrected chi connectivity index (χ0v) is 16.1. The van der Waals surface area contributed by atoms with Gasteiger partial charge in [0.1, 0.15) is 5.60 Å². The highest BCUT2D eigenvalue weighted by molar-refractivity contribution is 6.01. The van der Waals surface area contributed by atoms with Crippen molar-refractivity contribution < 1.29 is 15.0 Å². The van der Waals surface area contributed by atoms with E-state index >= 15 is 0 Å². The third-order valence-corrected chi connectivity index (χ3v) is 5.38. The third-order valence-electron chi connectivity index (χ3n) is 5.38. The summed E-state index contributed by atoms with van der Waals surface area (Å²) in [5, 5.41) is 22.9. The highest BCUT2D eigenvalue weighted by Crippen LogP contribution is 2.34. The summed E-state index contributed by atoms with van der Waals surface area (Å²) in [4.78, 5) is 27.9. The average molecular weight is 388 g/mol. The minimum atomic E-state index is -1.02. The first-order valence-corrected chi connectivity index (χ1v) is 9.63. The SMILES string of the molecule is [13CH3][13C]([13CH3])(O)c1ccc(-c2cnc3c(n2)N(C2CCC(O)CC2)[13C](=O)[13CH2]N3)cn1. The molecule has 0 atom stereocenters. The van der Waals surface area contributed by atoms with Gasteiger partial charge in [-0.05, 0) is 51.7 Å². The maximum Gasteiger partial charge on any atom is 0.247 e. The molecule has 0 bridgehead atoms. The Labute approximate surface area is 163 Å². The van der Waals surface area contributed by atoms with E-state index in [0.29, 0.717) is 35.9 Å². The van der Waals surface area contributed by atoms with Gasteiger partial charge in [-0.1, -0.05) is 0 Å². The van der Waals surface area contributed by atoms with E-state index < -0.39 is 5.60 Å². The Hall–Kier alpha value is -2.58. The lowest BCUT2D eigenvalue weighted by atomic mass is 9.92. The maximum atomic E-state index is 12.6. The smallest absolute Gasteiger partial charge is 0.247 e. The molecule has 0 unspecified atom stereocenters. The number of aliphatic hydroxyl groups excluding tert-OH is 1. The second kappa shape index (κ2) is 7.10. The Balaban J connectivity index is 1.67. The molecule has 0 aromatic carbocycles. The van der Waals surface area contributed by atoms with Crippen LogP contribution in [0.3, 0.4) is 0 Å². The number of nitrogens with zero attached hydrogens (tertiary/aromatic N) is 4. The lowest BCUT2D eigenvalue weighted by Crippen LogP contribution is -2.49. The molecule has 28 heavy (non-hydrogen) atoms. The summed E-state index contributed by atoms with van der Waals surface area (Å²) < 4.78 is 0. The number of amides is 1. The van der Waals surface area contributed by atoms with Gasteiger partial charge in [-0.2, -0.15) is 0 Å². The number of nitrogens with one attached hydrogen (secondary N) is 1. The first-order chi connectivity index (χ1) is 13.3. The summed E-state index contributed by atoms with van der Waals surface area (Å²) >= 11 is 0. The number of fused-ring (bicyclic) bond motifs is 1. The molecule has 8 heteroatoms. The molecule has 1 saturated carbocycles. The Bertz CT molecular complexity index is 870. The van der Waals surface area contributed by atoms with Gasteiger partial charge in [0, 0.05) is 17.8 Å². The number of rotatable bonds is 3. The summed E-state index contributed by atoms with van der Waals surface area (Å²) in [5.41, 5.74) is 0.936. The van der Waals surface area contributed by atoms with Crippen molar-refractivity contribution in [3.63, 3.8) is 0 Å². The quantitative estimate of drug-likeness (QED) is 0.688. The molecule has 148 valence electrons. The van der Waals surface area contributed by atoms with Gasteiger partial charge in [-0.3, -0.25) is 14.7 Å². The van der Waals surface area contributed by atoms with Gasteiger partial charge in [0.15, 0.2) is 11.6 Å². The number of hydrogen-bond acceptors (Lipinski definition) is 7. The van der Waals surface area contributed by atoms with Gasteiger partial charge in [-0.15, -0.1) is 0 Å². The van der Waals surface area contributed by atoms with Crippen LogP contribution >= 0.6 is 0 Å². The molecule has 2 aromatic rings. The van der Waals surface area contributed by atoms with Crippen LogP contribution in [0.5, 0.6) is 0 Å². The average Bonchev–Trinajstić information content (AvgIpc) is 2.68. The Morgan fingerprint density at radius 1 is 1.14 bits per heavy atom. The van der Waals surface area contributed by atoms with Crippen LogP contribution in [0.25, 0.3) is 11.3 Å². The molecule has 3 heterocycles. The van der Waals surface area contributed by atoms with E-state index in [0.717, 1.165) is 18.4 Å². The van der Waals surface area contributed by atoms with E-state index in [2.05, 4.69) is 15.3 Å². The standard InChI is InChI=1S/C20H25N5O3/c1-20(2,28)16-8-3-12(9-21-16)15-10-22-18-19(24-15)25(17(27)11-23-18)13-4-6-14(26)7-5-13/h3,8-10,13-14,26,28H,4-7,11H2,1-2H3,(H,22,23)/i1+1,2+1,11+1,17+1,20+1. The topological polar surface area (TPSA) is 111 Å². The van der Waals surface area contributed by atoms with Crippen molar-refractivity contribution in [3.05, 3.63) is 30.2 Å². The lowest BCUT2D eigenvalue weighted by molar-refractivity contribution is -0.118. The van der Waals surface area contributed by atoms with Gasteiger partial charge >= 0.3 is 0 Å². The fourth-order valence-corrected chi connectivity index (χ4v) is 3.77. The first-order valence-electron chi connectivity index (χ1n) is 9.63. The second-order valence-corrected chi connectivity index (χ2v) is 8.00. The van der Waals surface area contributed by atoms with E-state index in [4.69, 9.17) is 4.98 Å². The number of hydrogen-bond donors (Lipinski definition) is 3. The van der Waals surface area contributed by atoms with E-state index in [9.17, 15) is 15.0 Å². The van der Waals surface area contributed by atoms with Crippen molar-refractivity contribution in [2.24, 2.45) is 0 Å². The summed E-state index contributed by atoms with van der Waals surface area (Å²) in [6.07, 6.45) is 5.90. The largest absolute Gasteiger partial charge is 0.393 e. The van der Waals surface area contributed by atoms with E-state index in [1.165, 1.54) is 0 Å². The van der Waals surface area contributed by atoms with Crippen LogP contribution in [-0.4, -0.2) is 49.8 Å². The molecule has 3 N–H and O–H groups in total. The van der Waals surface area contributed by atoms with Gasteiger partial charge in [0.2, 0.25) is 5.91 Å². The zero-order chi connectivity index (χ0) is 19.9. The molecule has 1 fully saturated rings. The van der Waals surface area contributed by atoms with E-state index in [1.54, 1.807) is 37.2 Å². The minimum Gasteiger partial charge on any atom is -0.393 e. The summed E-state index contributed by atoms with van der Waals surface area (Å²) in [5.74, 6) is 1.09. The summed E-state index contributed by atoms with van der Waals surface area (Å²) in [6, 6.07) is 3.63. The normalized spacial score (nSPS) is 22.6. The van der Waals surface area contributed by atoms with Crippen LogP contribution in [0.1, 0.15) is 45.2 Å². The van der Waals surface area contributed by atoms with Gasteiger partial charge < -0.3 is 15.5 Å². The fourth-order valence-electron chi connectivity index (χ4n) is 3.77. The predicted molar refractivity (Wildman–Crippen MR) is 105 cm³/mol. The van der Waals surface area contributed by atoms with E-state index in [1.807, 2.05) is 6.07 Å². The number of carbonyl (C=O) groups excluding carboxylic acids is 1. The second-order valence-electron chi connectivity index (χ2n) is 8.00. The number of pyridine rings is 1. The number of carbonyl (C=O) groups is 1. The van der Waals surface area contributed by atoms with Crippen molar-refractivity contribution in [3.8, 4) is 11.3 Å². The molecule has 1 aliphatic carbocycles. The number of anilines is 2. The molecule has 4 rings (SSSR count). The molecular weight excluding hydrogens is 363 g/mol. The molecule has 2 aromatic heterocycles. The van der Waals surface area contributed by atoms with Crippen LogP contribution in [0.15, 0.2) is 24.5 Å². The minimum absolute atomic E-state index is 0.0250. The van der Waals surface area contributed by atoms with Crippen molar-refractivity contribution in [2.75, 3.05) is 16.8 Å². The maximum absolute atomic E-state index is 12.6. The predicted octanol–water partition coefficient (Wildman–Crippen LogP) is 1.83. The third kappa shape index (κ3) is 3.57. The fraction of sp³-hybridized carbons (Fsp3) is 0.500.